The first-order chi connectivity index (χ1) is 11.1. The molecule has 0 heterocycles. The lowest BCUT2D eigenvalue weighted by Gasteiger charge is -2.12. The lowest BCUT2D eigenvalue weighted by atomic mass is 10.1. The van der Waals surface area contributed by atoms with Gasteiger partial charge in [-0.05, 0) is 37.1 Å². The largest absolute Gasteiger partial charge is 0.349 e. The van der Waals surface area contributed by atoms with E-state index in [2.05, 4.69) is 16.0 Å². The molecule has 5 N–H and O–H groups in total. The number of rotatable bonds is 6. The Bertz CT molecular complexity index is 565. The Balaban J connectivity index is 1.82. The van der Waals surface area contributed by atoms with Crippen LogP contribution >= 0.6 is 0 Å². The van der Waals surface area contributed by atoms with Crippen LogP contribution in [-0.2, 0) is 9.59 Å². The minimum atomic E-state index is -0.390. The molecule has 1 aliphatic rings. The van der Waals surface area contributed by atoms with Crippen LogP contribution < -0.4 is 21.7 Å². The molecular formula is C16H22N4O3. The minimum absolute atomic E-state index is 0.0926. The number of nitrogens with two attached hydrogens (primary N) is 1. The molecule has 7 heteroatoms. The van der Waals surface area contributed by atoms with Gasteiger partial charge in [0.25, 0.3) is 5.91 Å². The zero-order valence-corrected chi connectivity index (χ0v) is 12.9. The second kappa shape index (κ2) is 8.28. The maximum atomic E-state index is 12.1. The number of hydrogen-bond donors (Lipinski definition) is 4. The number of benzene rings is 1. The summed E-state index contributed by atoms with van der Waals surface area (Å²) in [5.41, 5.74) is 6.26. The molecule has 0 radical (unpaired) electrons. The quantitative estimate of drug-likeness (QED) is 0.607. The van der Waals surface area contributed by atoms with Gasteiger partial charge >= 0.3 is 0 Å². The van der Waals surface area contributed by atoms with Gasteiger partial charge in [-0.3, -0.25) is 14.4 Å². The molecule has 23 heavy (non-hydrogen) atoms. The summed E-state index contributed by atoms with van der Waals surface area (Å²) in [7, 11) is 0. The van der Waals surface area contributed by atoms with Crippen LogP contribution in [0.2, 0.25) is 0 Å². The first-order valence-electron chi connectivity index (χ1n) is 7.76. The monoisotopic (exact) mass is 318 g/mol. The topological polar surface area (TPSA) is 113 Å². The van der Waals surface area contributed by atoms with Gasteiger partial charge < -0.3 is 21.7 Å². The van der Waals surface area contributed by atoms with Crippen molar-refractivity contribution < 1.29 is 14.4 Å². The average molecular weight is 318 g/mol. The van der Waals surface area contributed by atoms with Crippen molar-refractivity contribution in [2.75, 3.05) is 18.4 Å². The third-order valence-corrected chi connectivity index (χ3v) is 3.75. The van der Waals surface area contributed by atoms with E-state index in [-0.39, 0.29) is 36.9 Å². The molecule has 2 rings (SSSR count). The second-order valence-electron chi connectivity index (χ2n) is 5.56. The van der Waals surface area contributed by atoms with Crippen molar-refractivity contribution in [3.8, 4) is 0 Å². The fourth-order valence-corrected chi connectivity index (χ4v) is 2.50. The lowest BCUT2D eigenvalue weighted by molar-refractivity contribution is -0.123. The van der Waals surface area contributed by atoms with E-state index >= 15 is 0 Å². The first-order valence-corrected chi connectivity index (χ1v) is 7.76. The molecular weight excluding hydrogens is 296 g/mol. The summed E-state index contributed by atoms with van der Waals surface area (Å²) in [6.45, 7) is -0.294. The normalized spacial score (nSPS) is 14.3. The summed E-state index contributed by atoms with van der Waals surface area (Å²) in [6.07, 6.45) is 4.40. The molecule has 1 aromatic rings. The highest BCUT2D eigenvalue weighted by molar-refractivity contribution is 5.97. The fourth-order valence-electron chi connectivity index (χ4n) is 2.50. The molecule has 7 nitrogen and oxygen atoms in total. The Hall–Kier alpha value is -2.41. The molecule has 3 amide bonds. The van der Waals surface area contributed by atoms with Gasteiger partial charge in [0.15, 0.2) is 0 Å². The predicted octanol–water partition coefficient (Wildman–Crippen LogP) is 0.372. The van der Waals surface area contributed by atoms with Gasteiger partial charge in [0, 0.05) is 17.3 Å². The third kappa shape index (κ3) is 5.37. The first kappa shape index (κ1) is 17.0. The molecule has 0 unspecified atom stereocenters. The van der Waals surface area contributed by atoms with Gasteiger partial charge in [-0.1, -0.05) is 12.8 Å². The fraction of sp³-hybridized carbons (Fsp3) is 0.438. The Morgan fingerprint density at radius 1 is 1.04 bits per heavy atom. The molecule has 1 aromatic carbocycles. The highest BCUT2D eigenvalue weighted by Gasteiger charge is 2.17. The van der Waals surface area contributed by atoms with Crippen LogP contribution in [0.25, 0.3) is 0 Å². The van der Waals surface area contributed by atoms with Crippen LogP contribution in [0.1, 0.15) is 36.0 Å². The molecule has 0 atom stereocenters. The second-order valence-corrected chi connectivity index (χ2v) is 5.56. The van der Waals surface area contributed by atoms with Crippen molar-refractivity contribution in [1.82, 2.24) is 10.6 Å². The number of carbonyl (C=O) groups is 3. The molecule has 0 saturated heterocycles. The molecule has 0 spiro atoms. The van der Waals surface area contributed by atoms with Crippen molar-refractivity contribution in [1.29, 1.82) is 0 Å². The minimum Gasteiger partial charge on any atom is -0.349 e. The number of nitrogens with one attached hydrogen (secondary N) is 3. The number of hydrogen-bond acceptors (Lipinski definition) is 4. The summed E-state index contributed by atoms with van der Waals surface area (Å²) in [5.74, 6) is -0.834. The molecule has 0 aliphatic heterocycles. The smallest absolute Gasteiger partial charge is 0.251 e. The molecule has 124 valence electrons. The molecule has 0 aromatic heterocycles. The van der Waals surface area contributed by atoms with E-state index in [1.807, 2.05) is 0 Å². The lowest BCUT2D eigenvalue weighted by Crippen LogP contribution is -2.36. The van der Waals surface area contributed by atoms with Crippen molar-refractivity contribution in [3.05, 3.63) is 29.8 Å². The van der Waals surface area contributed by atoms with E-state index in [0.717, 1.165) is 25.7 Å². The number of carbonyl (C=O) groups excluding carboxylic acids is 3. The summed E-state index contributed by atoms with van der Waals surface area (Å²) in [6, 6.07) is 6.92. The van der Waals surface area contributed by atoms with Gasteiger partial charge in [0.05, 0.1) is 13.1 Å². The molecule has 1 saturated carbocycles. The Morgan fingerprint density at radius 2 is 1.70 bits per heavy atom. The van der Waals surface area contributed by atoms with E-state index in [1.165, 1.54) is 0 Å². The molecule has 1 fully saturated rings. The standard InChI is InChI=1S/C16H22N4O3/c17-9-14(21)18-10-15(22)19-13-7-5-11(6-8-13)16(23)20-12-3-1-2-4-12/h5-8,12H,1-4,9-10,17H2,(H,18,21)(H,19,22)(H,20,23). The van der Waals surface area contributed by atoms with Crippen molar-refractivity contribution >= 4 is 23.4 Å². The zero-order valence-electron chi connectivity index (χ0n) is 12.9. The summed E-state index contributed by atoms with van der Waals surface area (Å²) in [5, 5.41) is 8.03. The predicted molar refractivity (Wildman–Crippen MR) is 86.9 cm³/mol. The highest BCUT2D eigenvalue weighted by atomic mass is 16.2. The van der Waals surface area contributed by atoms with Crippen LogP contribution in [-0.4, -0.2) is 36.9 Å². The molecule has 1 aliphatic carbocycles. The Labute approximate surface area is 135 Å². The SMILES string of the molecule is NCC(=O)NCC(=O)Nc1ccc(C(=O)NC2CCCC2)cc1. The van der Waals surface area contributed by atoms with Gasteiger partial charge in [-0.15, -0.1) is 0 Å². The van der Waals surface area contributed by atoms with E-state index < -0.39 is 0 Å². The Kier molecular flexibility index (Phi) is 6.10. The summed E-state index contributed by atoms with van der Waals surface area (Å²) >= 11 is 0. The third-order valence-electron chi connectivity index (χ3n) is 3.75. The van der Waals surface area contributed by atoms with Gasteiger partial charge in [0.2, 0.25) is 11.8 Å². The maximum Gasteiger partial charge on any atom is 0.251 e. The van der Waals surface area contributed by atoms with Crippen LogP contribution in [0.4, 0.5) is 5.69 Å². The zero-order chi connectivity index (χ0) is 16.7. The van der Waals surface area contributed by atoms with Crippen LogP contribution in [0.5, 0.6) is 0 Å². The average Bonchev–Trinajstić information content (AvgIpc) is 3.06. The van der Waals surface area contributed by atoms with E-state index in [9.17, 15) is 14.4 Å². The van der Waals surface area contributed by atoms with Crippen molar-refractivity contribution in [2.24, 2.45) is 5.73 Å². The summed E-state index contributed by atoms with van der Waals surface area (Å²) in [4.78, 5) is 34.7. The summed E-state index contributed by atoms with van der Waals surface area (Å²) < 4.78 is 0. The van der Waals surface area contributed by atoms with Gasteiger partial charge in [0.1, 0.15) is 0 Å². The van der Waals surface area contributed by atoms with E-state index in [4.69, 9.17) is 5.73 Å². The van der Waals surface area contributed by atoms with E-state index in [1.54, 1.807) is 24.3 Å². The highest BCUT2D eigenvalue weighted by Crippen LogP contribution is 2.18. The van der Waals surface area contributed by atoms with Crippen molar-refractivity contribution in [3.63, 3.8) is 0 Å². The maximum absolute atomic E-state index is 12.1. The van der Waals surface area contributed by atoms with Crippen LogP contribution in [0.15, 0.2) is 24.3 Å². The number of anilines is 1. The number of amides is 3. The van der Waals surface area contributed by atoms with Crippen LogP contribution in [0, 0.1) is 0 Å². The van der Waals surface area contributed by atoms with Gasteiger partial charge in [-0.25, -0.2) is 0 Å². The molecule has 0 bridgehead atoms. The van der Waals surface area contributed by atoms with Crippen molar-refractivity contribution in [2.45, 2.75) is 31.7 Å². The Morgan fingerprint density at radius 3 is 2.30 bits per heavy atom. The van der Waals surface area contributed by atoms with E-state index in [0.29, 0.717) is 11.3 Å². The van der Waals surface area contributed by atoms with Crippen LogP contribution in [0.3, 0.4) is 0 Å². The van der Waals surface area contributed by atoms with Gasteiger partial charge in [-0.2, -0.15) is 0 Å².